The van der Waals surface area contributed by atoms with Gasteiger partial charge in [-0.2, -0.15) is 0 Å². The maximum atomic E-state index is 13.6. The summed E-state index contributed by atoms with van der Waals surface area (Å²) in [6, 6.07) is 9.43. The molecule has 1 aliphatic heterocycles. The van der Waals surface area contributed by atoms with Crippen LogP contribution in [0.2, 0.25) is 5.02 Å². The van der Waals surface area contributed by atoms with Crippen molar-refractivity contribution in [1.82, 2.24) is 15.1 Å². The molecule has 6 rings (SSSR count). The van der Waals surface area contributed by atoms with Gasteiger partial charge < -0.3 is 5.32 Å². The van der Waals surface area contributed by atoms with Crippen molar-refractivity contribution in [2.45, 2.75) is 82.7 Å². The fraction of sp³-hybridized carbons (Fsp3) is 0.643. The highest BCUT2D eigenvalue weighted by atomic mass is 35.5. The lowest BCUT2D eigenvalue weighted by Crippen LogP contribution is -2.41. The predicted molar refractivity (Wildman–Crippen MR) is 135 cm³/mol. The van der Waals surface area contributed by atoms with Crippen molar-refractivity contribution >= 4 is 17.4 Å². The van der Waals surface area contributed by atoms with Gasteiger partial charge in [0.25, 0.3) is 0 Å². The normalized spacial score (nSPS) is 29.4. The van der Waals surface area contributed by atoms with Gasteiger partial charge in [-0.3, -0.25) is 4.90 Å². The topological polar surface area (TPSA) is 41.0 Å². The molecule has 2 heterocycles. The van der Waals surface area contributed by atoms with E-state index >= 15 is 0 Å². The van der Waals surface area contributed by atoms with E-state index in [2.05, 4.69) is 20.4 Å². The van der Waals surface area contributed by atoms with E-state index in [1.165, 1.54) is 95.9 Å². The summed E-state index contributed by atoms with van der Waals surface area (Å²) in [7, 11) is 0. The first-order chi connectivity index (χ1) is 16.6. The Bertz CT molecular complexity index is 982. The lowest BCUT2D eigenvalue weighted by atomic mass is 9.64. The molecule has 1 spiro atoms. The van der Waals surface area contributed by atoms with Gasteiger partial charge in [0.1, 0.15) is 11.6 Å². The molecule has 0 amide bonds. The minimum absolute atomic E-state index is 0.323. The van der Waals surface area contributed by atoms with E-state index in [9.17, 15) is 4.39 Å². The minimum Gasteiger partial charge on any atom is -0.366 e. The van der Waals surface area contributed by atoms with Crippen LogP contribution in [0.15, 0.2) is 30.3 Å². The summed E-state index contributed by atoms with van der Waals surface area (Å²) in [6.07, 6.45) is 15.6. The van der Waals surface area contributed by atoms with Crippen molar-refractivity contribution in [2.75, 3.05) is 18.4 Å². The molecule has 2 aromatic rings. The van der Waals surface area contributed by atoms with Crippen LogP contribution >= 0.6 is 11.6 Å². The molecular formula is C28H36ClFN4. The van der Waals surface area contributed by atoms with E-state index in [1.807, 2.05) is 12.1 Å². The third-order valence-corrected chi connectivity index (χ3v) is 9.78. The maximum absolute atomic E-state index is 13.6. The smallest absolute Gasteiger partial charge is 0.148 e. The molecule has 34 heavy (non-hydrogen) atoms. The number of nitrogens with zero attached hydrogens (tertiary/aromatic N) is 3. The van der Waals surface area contributed by atoms with Crippen molar-refractivity contribution in [3.05, 3.63) is 41.2 Å². The summed E-state index contributed by atoms with van der Waals surface area (Å²) in [5.74, 6) is 2.09. The number of rotatable bonds is 4. The molecule has 182 valence electrons. The molecule has 3 atom stereocenters. The van der Waals surface area contributed by atoms with E-state index in [1.54, 1.807) is 6.07 Å². The number of halogens is 2. The molecule has 1 unspecified atom stereocenters. The Balaban J connectivity index is 1.01. The number of hydrogen-bond donors (Lipinski definition) is 1. The molecular weight excluding hydrogens is 447 g/mol. The fourth-order valence-electron chi connectivity index (χ4n) is 7.59. The predicted octanol–water partition coefficient (Wildman–Crippen LogP) is 6.95. The van der Waals surface area contributed by atoms with Crippen LogP contribution in [-0.2, 0) is 0 Å². The largest absolute Gasteiger partial charge is 0.366 e. The maximum Gasteiger partial charge on any atom is 0.148 e. The second-order valence-electron chi connectivity index (χ2n) is 11.5. The van der Waals surface area contributed by atoms with Gasteiger partial charge in [0.15, 0.2) is 0 Å². The molecule has 1 aromatic carbocycles. The summed E-state index contributed by atoms with van der Waals surface area (Å²) >= 11 is 6.21. The zero-order valence-electron chi connectivity index (χ0n) is 20.0. The van der Waals surface area contributed by atoms with Gasteiger partial charge >= 0.3 is 0 Å². The first-order valence-electron chi connectivity index (χ1n) is 13.4. The van der Waals surface area contributed by atoms with E-state index in [0.717, 1.165) is 29.1 Å². The molecule has 3 saturated carbocycles. The van der Waals surface area contributed by atoms with Gasteiger partial charge in [-0.25, -0.2) is 4.39 Å². The third-order valence-electron chi connectivity index (χ3n) is 9.45. The number of aromatic nitrogens is 2. The van der Waals surface area contributed by atoms with Crippen molar-refractivity contribution in [2.24, 2.45) is 17.3 Å². The number of benzene rings is 1. The number of anilines is 1. The average Bonchev–Trinajstić information content (AvgIpc) is 3.41. The summed E-state index contributed by atoms with van der Waals surface area (Å²) in [5.41, 5.74) is 1.89. The Kier molecular flexibility index (Phi) is 6.27. The van der Waals surface area contributed by atoms with Crippen molar-refractivity contribution in [3.63, 3.8) is 0 Å². The Morgan fingerprint density at radius 2 is 1.65 bits per heavy atom. The molecule has 4 aliphatic rings. The van der Waals surface area contributed by atoms with Gasteiger partial charge in [-0.05, 0) is 98.9 Å². The highest BCUT2D eigenvalue weighted by molar-refractivity contribution is 6.33. The molecule has 1 aromatic heterocycles. The monoisotopic (exact) mass is 482 g/mol. The summed E-state index contributed by atoms with van der Waals surface area (Å²) in [5, 5.41) is 12.8. The Morgan fingerprint density at radius 1 is 0.912 bits per heavy atom. The van der Waals surface area contributed by atoms with E-state index in [-0.39, 0.29) is 5.82 Å². The van der Waals surface area contributed by atoms with Crippen LogP contribution in [0, 0.1) is 23.1 Å². The van der Waals surface area contributed by atoms with Crippen molar-refractivity contribution in [3.8, 4) is 11.3 Å². The Morgan fingerprint density at radius 3 is 2.32 bits per heavy atom. The Hall–Kier alpha value is -1.72. The average molecular weight is 483 g/mol. The number of fused-ring (bicyclic) bond motifs is 1. The second-order valence-corrected chi connectivity index (χ2v) is 11.9. The van der Waals surface area contributed by atoms with Crippen LogP contribution in [0.4, 0.5) is 10.2 Å². The summed E-state index contributed by atoms with van der Waals surface area (Å²) in [6.45, 7) is 2.56. The van der Waals surface area contributed by atoms with Crippen LogP contribution in [0.1, 0.15) is 70.6 Å². The Labute approximate surface area is 207 Å². The highest BCUT2D eigenvalue weighted by Crippen LogP contribution is 2.49. The lowest BCUT2D eigenvalue weighted by Gasteiger charge is -2.45. The fourth-order valence-corrected chi connectivity index (χ4v) is 7.80. The van der Waals surface area contributed by atoms with Crippen LogP contribution in [0.3, 0.4) is 0 Å². The molecule has 6 heteroatoms. The zero-order valence-corrected chi connectivity index (χ0v) is 20.7. The van der Waals surface area contributed by atoms with Crippen LogP contribution in [0.5, 0.6) is 0 Å². The van der Waals surface area contributed by atoms with Gasteiger partial charge in [-0.1, -0.05) is 30.9 Å². The van der Waals surface area contributed by atoms with Gasteiger partial charge in [-0.15, -0.1) is 10.2 Å². The summed E-state index contributed by atoms with van der Waals surface area (Å²) < 4.78 is 13.6. The second kappa shape index (κ2) is 9.39. The molecule has 4 fully saturated rings. The van der Waals surface area contributed by atoms with Gasteiger partial charge in [0.05, 0.1) is 10.7 Å². The number of hydrogen-bond acceptors (Lipinski definition) is 4. The molecule has 3 aliphatic carbocycles. The zero-order chi connectivity index (χ0) is 23.1. The van der Waals surface area contributed by atoms with Crippen LogP contribution in [0.25, 0.3) is 11.3 Å². The molecule has 1 N–H and O–H groups in total. The molecule has 4 nitrogen and oxygen atoms in total. The number of nitrogens with one attached hydrogen (secondary N) is 1. The number of likely N-dealkylation sites (tertiary alicyclic amines) is 1. The third kappa shape index (κ3) is 4.58. The first kappa shape index (κ1) is 22.7. The van der Waals surface area contributed by atoms with Crippen molar-refractivity contribution < 1.29 is 4.39 Å². The van der Waals surface area contributed by atoms with Crippen LogP contribution in [-0.4, -0.2) is 40.3 Å². The standard InChI is InChI=1S/C28H36ClFN4/c29-25-5-4-21(30)16-24(25)26-6-7-27(33-32-26)31-22-14-19-17-34(18-20(19)15-22)23-8-12-28(13-9-23)10-2-1-3-11-28/h4-7,16,19-20,22-23H,1-3,8-15,17-18H2,(H,31,33)/t19-,20+,22?. The van der Waals surface area contributed by atoms with E-state index in [0.29, 0.717) is 22.3 Å². The van der Waals surface area contributed by atoms with Gasteiger partial charge in [0.2, 0.25) is 0 Å². The molecule has 0 radical (unpaired) electrons. The van der Waals surface area contributed by atoms with Crippen molar-refractivity contribution in [1.29, 1.82) is 0 Å². The van der Waals surface area contributed by atoms with E-state index in [4.69, 9.17) is 11.6 Å². The molecule has 1 saturated heterocycles. The minimum atomic E-state index is -0.323. The van der Waals surface area contributed by atoms with Gasteiger partial charge in [0, 0.05) is 30.7 Å². The SMILES string of the molecule is Fc1ccc(Cl)c(-c2ccc(NC3C[C@@H]4CN(C5CCC6(CCCCC6)CC5)C[C@@H]4C3)nn2)c1. The quantitative estimate of drug-likeness (QED) is 0.511. The first-order valence-corrected chi connectivity index (χ1v) is 13.7. The van der Waals surface area contributed by atoms with E-state index < -0.39 is 0 Å². The van der Waals surface area contributed by atoms with Crippen LogP contribution < -0.4 is 5.32 Å². The highest BCUT2D eigenvalue weighted by Gasteiger charge is 2.45. The molecule has 0 bridgehead atoms. The summed E-state index contributed by atoms with van der Waals surface area (Å²) in [4.78, 5) is 2.85. The lowest BCUT2D eigenvalue weighted by molar-refractivity contribution is 0.0669.